The van der Waals surface area contributed by atoms with Crippen LogP contribution >= 0.6 is 0 Å². The average Bonchev–Trinajstić information content (AvgIpc) is 2.82. The number of Topliss-reactive ketones (excluding diaryl/α,β-unsaturated/α-hetero) is 1. The summed E-state index contributed by atoms with van der Waals surface area (Å²) in [5.41, 5.74) is -0.216. The highest BCUT2D eigenvalue weighted by Crippen LogP contribution is 2.64. The molecule has 0 radical (unpaired) electrons. The third kappa shape index (κ3) is 1.81. The van der Waals surface area contributed by atoms with Crippen molar-refractivity contribution in [1.29, 1.82) is 0 Å². The van der Waals surface area contributed by atoms with Gasteiger partial charge < -0.3 is 5.11 Å². The Kier molecular flexibility index (Phi) is 3.14. The molecule has 0 saturated heterocycles. The van der Waals surface area contributed by atoms with Gasteiger partial charge in [-0.3, -0.25) is 14.4 Å². The number of carboxylic acid groups (broad SMARTS) is 1. The molecule has 4 aliphatic carbocycles. The molecule has 4 rings (SSSR count). The largest absolute Gasteiger partial charge is 0.481 e. The van der Waals surface area contributed by atoms with Gasteiger partial charge in [-0.15, -0.1) is 0 Å². The molecule has 4 nitrogen and oxygen atoms in total. The number of fused-ring (bicyclic) bond motifs is 5. The molecule has 0 aromatic rings. The van der Waals surface area contributed by atoms with E-state index < -0.39 is 11.4 Å². The summed E-state index contributed by atoms with van der Waals surface area (Å²) in [6.45, 7) is 2.10. The van der Waals surface area contributed by atoms with Crippen LogP contribution in [-0.2, 0) is 14.4 Å². The first-order chi connectivity index (χ1) is 10.9. The van der Waals surface area contributed by atoms with Crippen molar-refractivity contribution in [3.8, 4) is 0 Å². The number of hydrogen-bond acceptors (Lipinski definition) is 3. The zero-order valence-corrected chi connectivity index (χ0v) is 13.6. The van der Waals surface area contributed by atoms with Gasteiger partial charge in [0.25, 0.3) is 0 Å². The average molecular weight is 316 g/mol. The van der Waals surface area contributed by atoms with E-state index in [1.54, 1.807) is 6.08 Å². The van der Waals surface area contributed by atoms with Crippen LogP contribution in [0.1, 0.15) is 58.3 Å². The lowest BCUT2D eigenvalue weighted by atomic mass is 9.47. The van der Waals surface area contributed by atoms with E-state index in [0.29, 0.717) is 43.3 Å². The summed E-state index contributed by atoms with van der Waals surface area (Å²) in [5, 5.41) is 10.1. The van der Waals surface area contributed by atoms with Crippen molar-refractivity contribution in [1.82, 2.24) is 0 Å². The molecule has 124 valence electrons. The van der Waals surface area contributed by atoms with Gasteiger partial charge in [0.15, 0.2) is 5.78 Å². The Morgan fingerprint density at radius 3 is 2.61 bits per heavy atom. The van der Waals surface area contributed by atoms with Crippen LogP contribution in [0.15, 0.2) is 11.6 Å². The number of carboxylic acids is 1. The van der Waals surface area contributed by atoms with Crippen LogP contribution in [0.2, 0.25) is 0 Å². The van der Waals surface area contributed by atoms with E-state index in [1.165, 1.54) is 0 Å². The number of carbonyl (C=O) groups excluding carboxylic acids is 2. The Labute approximate surface area is 136 Å². The maximum absolute atomic E-state index is 12.4. The molecule has 3 saturated carbocycles. The smallest absolute Gasteiger partial charge is 0.314 e. The van der Waals surface area contributed by atoms with Crippen molar-refractivity contribution in [3.63, 3.8) is 0 Å². The molecule has 0 aromatic heterocycles. The fourth-order valence-corrected chi connectivity index (χ4v) is 6.39. The molecule has 5 atom stereocenters. The highest BCUT2D eigenvalue weighted by molar-refractivity contribution is 5.95. The van der Waals surface area contributed by atoms with Crippen molar-refractivity contribution in [2.75, 3.05) is 0 Å². The molecule has 0 unspecified atom stereocenters. The second kappa shape index (κ2) is 4.78. The van der Waals surface area contributed by atoms with E-state index in [4.69, 9.17) is 0 Å². The monoisotopic (exact) mass is 316 g/mol. The zero-order valence-electron chi connectivity index (χ0n) is 13.6. The molecule has 0 bridgehead atoms. The number of aliphatic carboxylic acids is 1. The molecule has 0 heterocycles. The second-order valence-electron chi connectivity index (χ2n) is 8.25. The molecule has 0 spiro atoms. The van der Waals surface area contributed by atoms with E-state index >= 15 is 0 Å². The van der Waals surface area contributed by atoms with Crippen LogP contribution in [0.25, 0.3) is 0 Å². The number of hydrogen-bond donors (Lipinski definition) is 1. The van der Waals surface area contributed by atoms with Gasteiger partial charge in [-0.1, -0.05) is 6.92 Å². The van der Waals surface area contributed by atoms with Crippen molar-refractivity contribution < 1.29 is 19.5 Å². The molecule has 0 aliphatic heterocycles. The second-order valence-corrected chi connectivity index (χ2v) is 8.25. The normalized spacial score (nSPS) is 45.8. The van der Waals surface area contributed by atoms with Gasteiger partial charge in [0, 0.05) is 18.3 Å². The molecule has 4 heteroatoms. The van der Waals surface area contributed by atoms with Gasteiger partial charge in [0.2, 0.25) is 0 Å². The van der Waals surface area contributed by atoms with Gasteiger partial charge in [0.05, 0.1) is 5.41 Å². The Balaban J connectivity index is 1.77. The molecule has 1 N–H and O–H groups in total. The van der Waals surface area contributed by atoms with Crippen LogP contribution in [0.4, 0.5) is 0 Å². The molecule has 3 fully saturated rings. The summed E-state index contributed by atoms with van der Waals surface area (Å²) in [4.78, 5) is 36.5. The lowest BCUT2D eigenvalue weighted by molar-refractivity contribution is -0.159. The molecule has 4 aliphatic rings. The van der Waals surface area contributed by atoms with Crippen molar-refractivity contribution in [2.24, 2.45) is 28.6 Å². The summed E-state index contributed by atoms with van der Waals surface area (Å²) in [5.74, 6) is 0.458. The highest BCUT2D eigenvalue weighted by atomic mass is 16.4. The predicted octanol–water partition coefficient (Wildman–Crippen LogP) is 3.15. The topological polar surface area (TPSA) is 71.4 Å². The minimum absolute atomic E-state index is 0.0759. The van der Waals surface area contributed by atoms with Crippen molar-refractivity contribution in [2.45, 2.75) is 58.3 Å². The lowest BCUT2D eigenvalue weighted by Crippen LogP contribution is -2.54. The molecular formula is C19H24O4. The first kappa shape index (κ1) is 15.1. The first-order valence-corrected chi connectivity index (χ1v) is 8.90. The van der Waals surface area contributed by atoms with Crippen molar-refractivity contribution >= 4 is 17.5 Å². The van der Waals surface area contributed by atoms with E-state index in [0.717, 1.165) is 31.3 Å². The van der Waals surface area contributed by atoms with E-state index in [1.807, 2.05) is 0 Å². The fraction of sp³-hybridized carbons (Fsp3) is 0.737. The van der Waals surface area contributed by atoms with Gasteiger partial charge in [-0.2, -0.15) is 0 Å². The summed E-state index contributed by atoms with van der Waals surface area (Å²) in [6.07, 6.45) is 7.27. The van der Waals surface area contributed by atoms with Gasteiger partial charge in [-0.25, -0.2) is 0 Å². The minimum atomic E-state index is -0.843. The van der Waals surface area contributed by atoms with Gasteiger partial charge in [-0.05, 0) is 67.9 Å². The van der Waals surface area contributed by atoms with Crippen molar-refractivity contribution in [3.05, 3.63) is 11.6 Å². The maximum atomic E-state index is 12.4. The fourth-order valence-electron chi connectivity index (χ4n) is 6.39. The van der Waals surface area contributed by atoms with Crippen LogP contribution in [0.3, 0.4) is 0 Å². The Morgan fingerprint density at radius 1 is 1.09 bits per heavy atom. The number of carbonyl (C=O) groups is 3. The Hall–Kier alpha value is -1.45. The molecule has 0 aromatic carbocycles. The van der Waals surface area contributed by atoms with E-state index in [2.05, 4.69) is 6.92 Å². The Morgan fingerprint density at radius 2 is 1.87 bits per heavy atom. The summed E-state index contributed by atoms with van der Waals surface area (Å²) < 4.78 is 0. The third-order valence-corrected chi connectivity index (χ3v) is 7.58. The first-order valence-electron chi connectivity index (χ1n) is 8.90. The van der Waals surface area contributed by atoms with Crippen LogP contribution in [0.5, 0.6) is 0 Å². The lowest BCUT2D eigenvalue weighted by Gasteiger charge is -2.55. The summed E-state index contributed by atoms with van der Waals surface area (Å²) in [6, 6.07) is 0. The minimum Gasteiger partial charge on any atom is -0.481 e. The van der Waals surface area contributed by atoms with E-state index in [-0.39, 0.29) is 17.1 Å². The van der Waals surface area contributed by atoms with Crippen LogP contribution in [-0.4, -0.2) is 22.6 Å². The molecule has 0 amide bonds. The SMILES string of the molecule is C[C@]12CC[C@@H]3[C@@H](CCC4=CC(=O)CC[C@@]43C(=O)O)[C@H]1CCC2=O. The zero-order chi connectivity index (χ0) is 16.4. The summed E-state index contributed by atoms with van der Waals surface area (Å²) >= 11 is 0. The summed E-state index contributed by atoms with van der Waals surface area (Å²) in [7, 11) is 0. The third-order valence-electron chi connectivity index (χ3n) is 7.58. The predicted molar refractivity (Wildman–Crippen MR) is 83.7 cm³/mol. The van der Waals surface area contributed by atoms with E-state index in [9.17, 15) is 19.5 Å². The molecular weight excluding hydrogens is 292 g/mol. The van der Waals surface area contributed by atoms with Gasteiger partial charge in [0.1, 0.15) is 5.78 Å². The standard InChI is InChI=1S/C19H24O4/c1-18-8-7-15-13(14(18)4-5-16(18)21)3-2-11-10-12(20)6-9-19(11,15)17(22)23/h10,13-15H,2-9H2,1H3,(H,22,23)/t13-,14+,15+,18-,19+/m0/s1. The molecule has 23 heavy (non-hydrogen) atoms. The van der Waals surface area contributed by atoms with Crippen LogP contribution < -0.4 is 0 Å². The number of ketones is 2. The quantitative estimate of drug-likeness (QED) is 0.806. The number of rotatable bonds is 1. The highest BCUT2D eigenvalue weighted by Gasteiger charge is 2.62. The maximum Gasteiger partial charge on any atom is 0.314 e. The Bertz CT molecular complexity index is 633. The van der Waals surface area contributed by atoms with Gasteiger partial charge >= 0.3 is 5.97 Å². The van der Waals surface area contributed by atoms with Crippen LogP contribution in [0, 0.1) is 28.6 Å².